The standard InChI is InChI=1S/C8H11NO2/c1-2-4-9-8(10)7-3-5-11-6-7/h2-3H,1,4-6H2,(H,9,10). The van der Waals surface area contributed by atoms with E-state index in [1.165, 1.54) is 0 Å². The highest BCUT2D eigenvalue weighted by Crippen LogP contribution is 2.02. The number of hydrogen-bond donors (Lipinski definition) is 1. The second kappa shape index (κ2) is 3.93. The molecule has 0 spiro atoms. The average Bonchev–Trinajstić information content (AvgIpc) is 2.52. The lowest BCUT2D eigenvalue weighted by atomic mass is 10.3. The average molecular weight is 153 g/mol. The van der Waals surface area contributed by atoms with E-state index in [-0.39, 0.29) is 5.91 Å². The number of carbonyl (C=O) groups excluding carboxylic acids is 1. The molecule has 0 saturated heterocycles. The van der Waals surface area contributed by atoms with E-state index < -0.39 is 0 Å². The number of rotatable bonds is 3. The summed E-state index contributed by atoms with van der Waals surface area (Å²) in [6.07, 6.45) is 3.44. The van der Waals surface area contributed by atoms with Gasteiger partial charge in [0.15, 0.2) is 0 Å². The van der Waals surface area contributed by atoms with Crippen LogP contribution in [0.25, 0.3) is 0 Å². The minimum Gasteiger partial charge on any atom is -0.372 e. The SMILES string of the molecule is C=CCNC(=O)C1=CCOC1. The lowest BCUT2D eigenvalue weighted by Gasteiger charge is -2.00. The zero-order valence-corrected chi connectivity index (χ0v) is 6.30. The van der Waals surface area contributed by atoms with Crippen molar-refractivity contribution in [2.45, 2.75) is 0 Å². The summed E-state index contributed by atoms with van der Waals surface area (Å²) in [6.45, 7) is 4.99. The molecule has 1 N–H and O–H groups in total. The Morgan fingerprint density at radius 3 is 3.27 bits per heavy atom. The predicted molar refractivity (Wildman–Crippen MR) is 42.1 cm³/mol. The van der Waals surface area contributed by atoms with E-state index in [1.807, 2.05) is 0 Å². The van der Waals surface area contributed by atoms with E-state index in [1.54, 1.807) is 12.2 Å². The summed E-state index contributed by atoms with van der Waals surface area (Å²) < 4.78 is 4.98. The third kappa shape index (κ3) is 2.20. The summed E-state index contributed by atoms with van der Waals surface area (Å²) in [5, 5.41) is 2.67. The molecular weight excluding hydrogens is 142 g/mol. The maximum Gasteiger partial charge on any atom is 0.249 e. The molecule has 1 heterocycles. The van der Waals surface area contributed by atoms with Crippen LogP contribution >= 0.6 is 0 Å². The summed E-state index contributed by atoms with van der Waals surface area (Å²) in [7, 11) is 0. The van der Waals surface area contributed by atoms with Gasteiger partial charge in [-0.3, -0.25) is 4.79 Å². The molecule has 0 bridgehead atoms. The summed E-state index contributed by atoms with van der Waals surface area (Å²) in [5.74, 6) is -0.0533. The maximum atomic E-state index is 11.1. The van der Waals surface area contributed by atoms with Crippen LogP contribution < -0.4 is 5.32 Å². The zero-order valence-electron chi connectivity index (χ0n) is 6.30. The van der Waals surface area contributed by atoms with Crippen molar-refractivity contribution in [1.29, 1.82) is 0 Å². The Balaban J connectivity index is 2.34. The molecule has 0 aromatic carbocycles. The topological polar surface area (TPSA) is 38.3 Å². The van der Waals surface area contributed by atoms with Crippen molar-refractivity contribution in [2.24, 2.45) is 0 Å². The van der Waals surface area contributed by atoms with E-state index in [0.29, 0.717) is 25.3 Å². The van der Waals surface area contributed by atoms with Crippen LogP contribution in [0.15, 0.2) is 24.3 Å². The Bertz CT molecular complexity index is 196. The van der Waals surface area contributed by atoms with Crippen molar-refractivity contribution < 1.29 is 9.53 Å². The molecule has 0 aromatic rings. The molecule has 1 amide bonds. The van der Waals surface area contributed by atoms with E-state index in [9.17, 15) is 4.79 Å². The Hall–Kier alpha value is -1.09. The first kappa shape index (κ1) is 8.01. The predicted octanol–water partition coefficient (Wildman–Crippen LogP) is 0.245. The zero-order chi connectivity index (χ0) is 8.10. The third-order valence-corrected chi connectivity index (χ3v) is 1.40. The first-order valence-electron chi connectivity index (χ1n) is 3.50. The Morgan fingerprint density at radius 2 is 2.73 bits per heavy atom. The van der Waals surface area contributed by atoms with Crippen LogP contribution in [0.1, 0.15) is 0 Å². The van der Waals surface area contributed by atoms with Crippen molar-refractivity contribution in [2.75, 3.05) is 19.8 Å². The summed E-state index contributed by atoms with van der Waals surface area (Å²) in [4.78, 5) is 11.1. The Labute approximate surface area is 65.7 Å². The lowest BCUT2D eigenvalue weighted by molar-refractivity contribution is -0.117. The molecular formula is C8H11NO2. The van der Waals surface area contributed by atoms with Crippen LogP contribution in [0.4, 0.5) is 0 Å². The fraction of sp³-hybridized carbons (Fsp3) is 0.375. The first-order valence-corrected chi connectivity index (χ1v) is 3.50. The molecule has 0 aliphatic carbocycles. The maximum absolute atomic E-state index is 11.1. The molecule has 0 radical (unpaired) electrons. The molecule has 3 nitrogen and oxygen atoms in total. The van der Waals surface area contributed by atoms with Crippen molar-refractivity contribution in [3.05, 3.63) is 24.3 Å². The van der Waals surface area contributed by atoms with Crippen LogP contribution in [0.2, 0.25) is 0 Å². The summed E-state index contributed by atoms with van der Waals surface area (Å²) in [5.41, 5.74) is 0.715. The van der Waals surface area contributed by atoms with Gasteiger partial charge in [-0.25, -0.2) is 0 Å². The smallest absolute Gasteiger partial charge is 0.249 e. The number of hydrogen-bond acceptors (Lipinski definition) is 2. The van der Waals surface area contributed by atoms with Gasteiger partial charge in [-0.1, -0.05) is 6.08 Å². The van der Waals surface area contributed by atoms with Crippen molar-refractivity contribution in [3.8, 4) is 0 Å². The van der Waals surface area contributed by atoms with Gasteiger partial charge in [0.25, 0.3) is 0 Å². The monoisotopic (exact) mass is 153 g/mol. The van der Waals surface area contributed by atoms with Crippen molar-refractivity contribution in [3.63, 3.8) is 0 Å². The summed E-state index contributed by atoms with van der Waals surface area (Å²) in [6, 6.07) is 0. The van der Waals surface area contributed by atoms with Gasteiger partial charge < -0.3 is 10.1 Å². The minimum atomic E-state index is -0.0533. The molecule has 1 aliphatic heterocycles. The molecule has 0 unspecified atom stereocenters. The van der Waals surface area contributed by atoms with Crippen LogP contribution in [0.5, 0.6) is 0 Å². The second-order valence-electron chi connectivity index (χ2n) is 2.24. The lowest BCUT2D eigenvalue weighted by Crippen LogP contribution is -2.25. The minimum absolute atomic E-state index is 0.0533. The highest BCUT2D eigenvalue weighted by molar-refractivity contribution is 5.94. The normalized spacial score (nSPS) is 15.8. The van der Waals surface area contributed by atoms with E-state index >= 15 is 0 Å². The summed E-state index contributed by atoms with van der Waals surface area (Å²) >= 11 is 0. The first-order chi connectivity index (χ1) is 5.34. The largest absolute Gasteiger partial charge is 0.372 e. The number of ether oxygens (including phenoxy) is 1. The van der Waals surface area contributed by atoms with Gasteiger partial charge in [0.05, 0.1) is 13.2 Å². The Morgan fingerprint density at radius 1 is 1.91 bits per heavy atom. The molecule has 11 heavy (non-hydrogen) atoms. The fourth-order valence-electron chi connectivity index (χ4n) is 0.824. The highest BCUT2D eigenvalue weighted by atomic mass is 16.5. The van der Waals surface area contributed by atoms with E-state index in [0.717, 1.165) is 0 Å². The molecule has 0 atom stereocenters. The van der Waals surface area contributed by atoms with Gasteiger partial charge in [-0.05, 0) is 6.08 Å². The van der Waals surface area contributed by atoms with Crippen LogP contribution in [0.3, 0.4) is 0 Å². The number of nitrogens with one attached hydrogen (secondary N) is 1. The fourth-order valence-corrected chi connectivity index (χ4v) is 0.824. The van der Waals surface area contributed by atoms with Crippen LogP contribution in [0, 0.1) is 0 Å². The van der Waals surface area contributed by atoms with Gasteiger partial charge in [-0.2, -0.15) is 0 Å². The van der Waals surface area contributed by atoms with Gasteiger partial charge in [-0.15, -0.1) is 6.58 Å². The Kier molecular flexibility index (Phi) is 2.86. The van der Waals surface area contributed by atoms with Crippen LogP contribution in [-0.4, -0.2) is 25.7 Å². The molecule has 1 rings (SSSR count). The van der Waals surface area contributed by atoms with Gasteiger partial charge in [0.1, 0.15) is 0 Å². The van der Waals surface area contributed by atoms with Crippen molar-refractivity contribution >= 4 is 5.91 Å². The van der Waals surface area contributed by atoms with Gasteiger partial charge in [0.2, 0.25) is 5.91 Å². The molecule has 3 heteroatoms. The van der Waals surface area contributed by atoms with Gasteiger partial charge >= 0.3 is 0 Å². The molecule has 1 aliphatic rings. The van der Waals surface area contributed by atoms with Crippen LogP contribution in [-0.2, 0) is 9.53 Å². The highest BCUT2D eigenvalue weighted by Gasteiger charge is 2.11. The van der Waals surface area contributed by atoms with E-state index in [2.05, 4.69) is 11.9 Å². The molecule has 60 valence electrons. The number of amides is 1. The number of carbonyl (C=O) groups is 1. The van der Waals surface area contributed by atoms with Gasteiger partial charge in [0, 0.05) is 12.1 Å². The molecule has 0 fully saturated rings. The third-order valence-electron chi connectivity index (χ3n) is 1.40. The van der Waals surface area contributed by atoms with E-state index in [4.69, 9.17) is 4.74 Å². The molecule has 0 aromatic heterocycles. The van der Waals surface area contributed by atoms with Crippen molar-refractivity contribution in [1.82, 2.24) is 5.32 Å². The molecule has 0 saturated carbocycles. The quantitative estimate of drug-likeness (QED) is 0.590. The second-order valence-corrected chi connectivity index (χ2v) is 2.24.